The van der Waals surface area contributed by atoms with Crippen LogP contribution in [0.1, 0.15) is 15.9 Å². The maximum absolute atomic E-state index is 13.4. The summed E-state index contributed by atoms with van der Waals surface area (Å²) in [5.74, 6) is -1.67. The van der Waals surface area contributed by atoms with Crippen molar-refractivity contribution in [1.82, 2.24) is 5.32 Å². The number of benzene rings is 2. The van der Waals surface area contributed by atoms with Crippen LogP contribution in [0, 0.1) is 11.6 Å². The van der Waals surface area contributed by atoms with Gasteiger partial charge in [-0.3, -0.25) is 4.79 Å². The third kappa shape index (κ3) is 3.64. The number of carbonyl (C=O) groups excluding carboxylic acids is 1. The topological polar surface area (TPSA) is 29.1 Å². The number of hydrogen-bond acceptors (Lipinski definition) is 1. The summed E-state index contributed by atoms with van der Waals surface area (Å²) in [6, 6.07) is 8.43. The molecule has 0 saturated carbocycles. The zero-order valence-corrected chi connectivity index (χ0v) is 13.3. The van der Waals surface area contributed by atoms with Crippen LogP contribution in [-0.4, -0.2) is 5.91 Å². The fourth-order valence-corrected chi connectivity index (χ4v) is 2.40. The van der Waals surface area contributed by atoms with Crippen LogP contribution in [0.4, 0.5) is 8.78 Å². The zero-order valence-electron chi connectivity index (χ0n) is 10.1. The molecule has 1 amide bonds. The number of carbonyl (C=O) groups is 1. The van der Waals surface area contributed by atoms with Crippen molar-refractivity contribution in [3.63, 3.8) is 0 Å². The number of hydrogen-bond donors (Lipinski definition) is 1. The van der Waals surface area contributed by atoms with Crippen LogP contribution in [0.25, 0.3) is 0 Å². The molecule has 0 atom stereocenters. The van der Waals surface area contributed by atoms with Crippen molar-refractivity contribution in [2.75, 3.05) is 0 Å². The second-order valence-corrected chi connectivity index (χ2v) is 5.81. The molecule has 2 aromatic rings. The summed E-state index contributed by atoms with van der Waals surface area (Å²) in [6.07, 6.45) is 0. The van der Waals surface area contributed by atoms with Crippen LogP contribution in [-0.2, 0) is 6.54 Å². The molecule has 2 aromatic carbocycles. The van der Waals surface area contributed by atoms with Crippen LogP contribution in [0.5, 0.6) is 0 Å². The number of halogens is 4. The largest absolute Gasteiger partial charge is 0.348 e. The molecule has 2 rings (SSSR count). The van der Waals surface area contributed by atoms with E-state index in [0.29, 0.717) is 10.0 Å². The fraction of sp³-hybridized carbons (Fsp3) is 0.0714. The molecule has 0 heterocycles. The van der Waals surface area contributed by atoms with E-state index in [1.807, 2.05) is 0 Å². The molecule has 0 fully saturated rings. The Labute approximate surface area is 131 Å². The highest BCUT2D eigenvalue weighted by Gasteiger charge is 2.11. The lowest BCUT2D eigenvalue weighted by Gasteiger charge is -2.08. The smallest absolute Gasteiger partial charge is 0.252 e. The normalized spacial score (nSPS) is 10.4. The molecular weight excluding hydrogens is 396 g/mol. The Morgan fingerprint density at radius 3 is 2.55 bits per heavy atom. The summed E-state index contributed by atoms with van der Waals surface area (Å²) in [5, 5.41) is 2.59. The Kier molecular flexibility index (Phi) is 4.88. The van der Waals surface area contributed by atoms with E-state index in [2.05, 4.69) is 37.2 Å². The summed E-state index contributed by atoms with van der Waals surface area (Å²) in [6.45, 7) is -0.0100. The molecule has 0 aliphatic carbocycles. The van der Waals surface area contributed by atoms with Crippen LogP contribution in [0.3, 0.4) is 0 Å². The van der Waals surface area contributed by atoms with Gasteiger partial charge in [-0.15, -0.1) is 0 Å². The zero-order chi connectivity index (χ0) is 14.7. The SMILES string of the molecule is O=C(NCc1ccc(F)cc1F)c1cc(Br)ccc1Br. The third-order valence-corrected chi connectivity index (χ3v) is 3.81. The predicted molar refractivity (Wildman–Crippen MR) is 79.4 cm³/mol. The van der Waals surface area contributed by atoms with Crippen molar-refractivity contribution in [3.05, 3.63) is 68.1 Å². The van der Waals surface area contributed by atoms with E-state index in [1.54, 1.807) is 18.2 Å². The minimum absolute atomic E-state index is 0.0100. The Hall–Kier alpha value is -1.27. The first-order chi connectivity index (χ1) is 9.47. The van der Waals surface area contributed by atoms with E-state index in [0.717, 1.165) is 16.6 Å². The van der Waals surface area contributed by atoms with Crippen LogP contribution >= 0.6 is 31.9 Å². The highest BCUT2D eigenvalue weighted by atomic mass is 79.9. The molecular formula is C14H9Br2F2NO. The lowest BCUT2D eigenvalue weighted by molar-refractivity contribution is 0.0950. The first-order valence-corrected chi connectivity index (χ1v) is 7.23. The van der Waals surface area contributed by atoms with Gasteiger partial charge >= 0.3 is 0 Å². The molecule has 0 spiro atoms. The molecule has 0 aromatic heterocycles. The van der Waals surface area contributed by atoms with Gasteiger partial charge in [0.15, 0.2) is 0 Å². The lowest BCUT2D eigenvalue weighted by atomic mass is 10.2. The van der Waals surface area contributed by atoms with E-state index < -0.39 is 11.6 Å². The minimum atomic E-state index is -0.682. The first-order valence-electron chi connectivity index (χ1n) is 5.64. The van der Waals surface area contributed by atoms with E-state index >= 15 is 0 Å². The molecule has 0 radical (unpaired) electrons. The van der Waals surface area contributed by atoms with E-state index in [4.69, 9.17) is 0 Å². The predicted octanol–water partition coefficient (Wildman–Crippen LogP) is 4.42. The molecule has 1 N–H and O–H groups in total. The number of rotatable bonds is 3. The van der Waals surface area contributed by atoms with Crippen LogP contribution in [0.15, 0.2) is 45.3 Å². The summed E-state index contributed by atoms with van der Waals surface area (Å²) >= 11 is 6.55. The Balaban J connectivity index is 2.10. The van der Waals surface area contributed by atoms with Gasteiger partial charge in [-0.25, -0.2) is 8.78 Å². The number of amides is 1. The fourth-order valence-electron chi connectivity index (χ4n) is 1.61. The van der Waals surface area contributed by atoms with E-state index in [-0.39, 0.29) is 18.0 Å². The summed E-state index contributed by atoms with van der Waals surface area (Å²) in [5.41, 5.74) is 0.660. The van der Waals surface area contributed by atoms with Gasteiger partial charge in [0.1, 0.15) is 11.6 Å². The lowest BCUT2D eigenvalue weighted by Crippen LogP contribution is -2.23. The Bertz CT molecular complexity index is 662. The molecule has 0 aliphatic heterocycles. The molecule has 20 heavy (non-hydrogen) atoms. The summed E-state index contributed by atoms with van der Waals surface area (Å²) in [7, 11) is 0. The average molecular weight is 405 g/mol. The first kappa shape index (κ1) is 15.1. The van der Waals surface area contributed by atoms with Crippen molar-refractivity contribution in [2.24, 2.45) is 0 Å². The monoisotopic (exact) mass is 403 g/mol. The van der Waals surface area contributed by atoms with Gasteiger partial charge in [0.05, 0.1) is 5.56 Å². The van der Waals surface area contributed by atoms with Gasteiger partial charge < -0.3 is 5.32 Å². The quantitative estimate of drug-likeness (QED) is 0.805. The molecule has 0 unspecified atom stereocenters. The number of nitrogens with one attached hydrogen (secondary N) is 1. The standard InChI is InChI=1S/C14H9Br2F2NO/c15-9-2-4-12(16)11(5-9)14(20)19-7-8-1-3-10(17)6-13(8)18/h1-6H,7H2,(H,19,20). The van der Waals surface area contributed by atoms with Crippen molar-refractivity contribution in [1.29, 1.82) is 0 Å². The average Bonchev–Trinajstić information content (AvgIpc) is 2.40. The molecule has 0 saturated heterocycles. The van der Waals surface area contributed by atoms with Crippen molar-refractivity contribution >= 4 is 37.8 Å². The van der Waals surface area contributed by atoms with Gasteiger partial charge in [-0.2, -0.15) is 0 Å². The molecule has 6 heteroatoms. The van der Waals surface area contributed by atoms with Gasteiger partial charge in [-0.1, -0.05) is 22.0 Å². The Morgan fingerprint density at radius 1 is 1.10 bits per heavy atom. The molecule has 2 nitrogen and oxygen atoms in total. The van der Waals surface area contributed by atoms with Crippen molar-refractivity contribution in [2.45, 2.75) is 6.54 Å². The van der Waals surface area contributed by atoms with E-state index in [9.17, 15) is 13.6 Å². The molecule has 104 valence electrons. The second-order valence-electron chi connectivity index (χ2n) is 4.04. The molecule has 0 bridgehead atoms. The van der Waals surface area contributed by atoms with E-state index in [1.165, 1.54) is 6.07 Å². The second kappa shape index (κ2) is 6.45. The maximum Gasteiger partial charge on any atom is 0.252 e. The third-order valence-electron chi connectivity index (χ3n) is 2.63. The van der Waals surface area contributed by atoms with Gasteiger partial charge in [0.2, 0.25) is 0 Å². The Morgan fingerprint density at radius 2 is 1.85 bits per heavy atom. The highest BCUT2D eigenvalue weighted by Crippen LogP contribution is 2.21. The van der Waals surface area contributed by atoms with Crippen molar-refractivity contribution in [3.8, 4) is 0 Å². The minimum Gasteiger partial charge on any atom is -0.348 e. The highest BCUT2D eigenvalue weighted by molar-refractivity contribution is 9.11. The molecule has 0 aliphatic rings. The van der Waals surface area contributed by atoms with Gasteiger partial charge in [-0.05, 0) is 40.2 Å². The maximum atomic E-state index is 13.4. The van der Waals surface area contributed by atoms with Crippen LogP contribution in [0.2, 0.25) is 0 Å². The van der Waals surface area contributed by atoms with Gasteiger partial charge in [0.25, 0.3) is 5.91 Å². The van der Waals surface area contributed by atoms with Crippen LogP contribution < -0.4 is 5.32 Å². The van der Waals surface area contributed by atoms with Gasteiger partial charge in [0, 0.05) is 27.1 Å². The summed E-state index contributed by atoms with van der Waals surface area (Å²) in [4.78, 5) is 12.0. The summed E-state index contributed by atoms with van der Waals surface area (Å²) < 4.78 is 27.6. The van der Waals surface area contributed by atoms with Crippen molar-refractivity contribution < 1.29 is 13.6 Å².